The molecule has 0 N–H and O–H groups in total. The highest BCUT2D eigenvalue weighted by Gasteiger charge is 2.17. The van der Waals surface area contributed by atoms with Gasteiger partial charge in [0.2, 0.25) is 0 Å². The first kappa shape index (κ1) is 21.3. The number of amides is 1. The number of ether oxygens (including phenoxy) is 1. The molecule has 6 heteroatoms. The summed E-state index contributed by atoms with van der Waals surface area (Å²) in [5.41, 5.74) is 3.87. The van der Waals surface area contributed by atoms with Crippen LogP contribution in [0.2, 0.25) is 5.02 Å². The topological polar surface area (TPSA) is 42.4 Å². The second-order valence-electron chi connectivity index (χ2n) is 6.95. The van der Waals surface area contributed by atoms with Crippen molar-refractivity contribution in [3.63, 3.8) is 0 Å². The average Bonchev–Trinajstić information content (AvgIpc) is 3.16. The molecule has 1 aromatic heterocycles. The van der Waals surface area contributed by atoms with Crippen LogP contribution in [0.25, 0.3) is 0 Å². The van der Waals surface area contributed by atoms with Gasteiger partial charge in [-0.3, -0.25) is 4.79 Å². The second kappa shape index (κ2) is 9.90. The largest absolute Gasteiger partial charge is 0.486 e. The predicted molar refractivity (Wildman–Crippen MR) is 119 cm³/mol. The fraction of sp³-hybridized carbons (Fsp3) is 0.304. The van der Waals surface area contributed by atoms with Gasteiger partial charge < -0.3 is 9.64 Å². The molecule has 2 aromatic carbocycles. The zero-order valence-electron chi connectivity index (χ0n) is 16.9. The monoisotopic (exact) mass is 428 g/mol. The molecule has 0 saturated carbocycles. The number of aryl methyl sites for hydroxylation is 1. The first-order valence-corrected chi connectivity index (χ1v) is 10.9. The van der Waals surface area contributed by atoms with Crippen LogP contribution < -0.4 is 4.74 Å². The van der Waals surface area contributed by atoms with Gasteiger partial charge in [-0.15, -0.1) is 11.3 Å². The summed E-state index contributed by atoms with van der Waals surface area (Å²) in [7, 11) is 0. The molecule has 0 atom stereocenters. The first-order chi connectivity index (χ1) is 14.0. The molecule has 0 aliphatic carbocycles. The summed E-state index contributed by atoms with van der Waals surface area (Å²) in [5.74, 6) is 0.872. The summed E-state index contributed by atoms with van der Waals surface area (Å²) in [6.45, 7) is 7.77. The van der Waals surface area contributed by atoms with Gasteiger partial charge in [-0.1, -0.05) is 30.7 Å². The van der Waals surface area contributed by atoms with E-state index in [2.05, 4.69) is 31.8 Å². The molecule has 1 amide bonds. The minimum Gasteiger partial charge on any atom is -0.486 e. The van der Waals surface area contributed by atoms with Crippen molar-refractivity contribution in [3.05, 3.63) is 80.3 Å². The lowest BCUT2D eigenvalue weighted by molar-refractivity contribution is 0.0741. The summed E-state index contributed by atoms with van der Waals surface area (Å²) in [6, 6.07) is 13.1. The lowest BCUT2D eigenvalue weighted by atomic mass is 10.1. The summed E-state index contributed by atoms with van der Waals surface area (Å²) in [6.07, 6.45) is 0.881. The highest BCUT2D eigenvalue weighted by molar-refractivity contribution is 7.09. The Labute approximate surface area is 181 Å². The van der Waals surface area contributed by atoms with Crippen molar-refractivity contribution in [1.82, 2.24) is 9.88 Å². The van der Waals surface area contributed by atoms with E-state index in [0.29, 0.717) is 30.3 Å². The van der Waals surface area contributed by atoms with Crippen molar-refractivity contribution in [2.75, 3.05) is 6.54 Å². The highest BCUT2D eigenvalue weighted by atomic mass is 35.5. The molecule has 29 heavy (non-hydrogen) atoms. The molecule has 3 aromatic rings. The van der Waals surface area contributed by atoms with Crippen molar-refractivity contribution in [2.24, 2.45) is 0 Å². The van der Waals surface area contributed by atoms with E-state index in [0.717, 1.165) is 28.4 Å². The van der Waals surface area contributed by atoms with E-state index in [1.807, 2.05) is 22.4 Å². The molecule has 1 heterocycles. The van der Waals surface area contributed by atoms with Gasteiger partial charge in [-0.05, 0) is 61.7 Å². The molecule has 4 nitrogen and oxygen atoms in total. The Morgan fingerprint density at radius 2 is 1.93 bits per heavy atom. The summed E-state index contributed by atoms with van der Waals surface area (Å²) >= 11 is 7.49. The van der Waals surface area contributed by atoms with Gasteiger partial charge in [0.05, 0.1) is 12.2 Å². The number of carbonyl (C=O) groups excluding carboxylic acids is 1. The first-order valence-electron chi connectivity index (χ1n) is 9.65. The number of carbonyl (C=O) groups is 1. The highest BCUT2D eigenvalue weighted by Crippen LogP contribution is 2.23. The Morgan fingerprint density at radius 3 is 2.66 bits per heavy atom. The zero-order valence-corrected chi connectivity index (χ0v) is 18.5. The lowest BCUT2D eigenvalue weighted by Gasteiger charge is -2.21. The van der Waals surface area contributed by atoms with E-state index in [4.69, 9.17) is 16.3 Å². The minimum absolute atomic E-state index is 0.00953. The molecule has 0 aliphatic heterocycles. The molecule has 0 unspecified atom stereocenters. The van der Waals surface area contributed by atoms with Crippen LogP contribution in [0.3, 0.4) is 0 Å². The third kappa shape index (κ3) is 5.58. The van der Waals surface area contributed by atoms with Gasteiger partial charge in [0, 0.05) is 22.5 Å². The van der Waals surface area contributed by atoms with Crippen LogP contribution in [0, 0.1) is 13.8 Å². The molecule has 0 spiro atoms. The second-order valence-corrected chi connectivity index (χ2v) is 8.33. The van der Waals surface area contributed by atoms with E-state index in [-0.39, 0.29) is 5.91 Å². The van der Waals surface area contributed by atoms with Gasteiger partial charge in [0.15, 0.2) is 0 Å². The van der Waals surface area contributed by atoms with Crippen molar-refractivity contribution in [3.8, 4) is 5.75 Å². The predicted octanol–water partition coefficient (Wildman–Crippen LogP) is 6.04. The number of hydrogen-bond acceptors (Lipinski definition) is 4. The molecular weight excluding hydrogens is 404 g/mol. The number of benzene rings is 2. The van der Waals surface area contributed by atoms with E-state index >= 15 is 0 Å². The number of halogens is 1. The number of nitrogens with zero attached hydrogens (tertiary/aromatic N) is 2. The van der Waals surface area contributed by atoms with Gasteiger partial charge in [0.25, 0.3) is 5.91 Å². The van der Waals surface area contributed by atoms with Crippen molar-refractivity contribution < 1.29 is 9.53 Å². The minimum atomic E-state index is -0.00953. The Morgan fingerprint density at radius 1 is 1.17 bits per heavy atom. The Bertz CT molecular complexity index is 969. The zero-order chi connectivity index (χ0) is 20.8. The smallest absolute Gasteiger partial charge is 0.254 e. The van der Waals surface area contributed by atoms with Crippen molar-refractivity contribution in [2.45, 2.75) is 40.3 Å². The third-order valence-electron chi connectivity index (χ3n) is 4.73. The maximum atomic E-state index is 12.9. The summed E-state index contributed by atoms with van der Waals surface area (Å²) in [5, 5.41) is 3.52. The van der Waals surface area contributed by atoms with Crippen molar-refractivity contribution in [1.29, 1.82) is 0 Å². The van der Waals surface area contributed by atoms with E-state index in [9.17, 15) is 4.79 Å². The molecule has 0 aliphatic rings. The third-order valence-corrected chi connectivity index (χ3v) is 5.85. The lowest BCUT2D eigenvalue weighted by Crippen LogP contribution is -2.31. The summed E-state index contributed by atoms with van der Waals surface area (Å²) in [4.78, 5) is 19.4. The van der Waals surface area contributed by atoms with Crippen LogP contribution >= 0.6 is 22.9 Å². The molecule has 0 bridgehead atoms. The number of aromatic nitrogens is 1. The van der Waals surface area contributed by atoms with Crippen LogP contribution in [0.15, 0.2) is 47.8 Å². The molecule has 0 saturated heterocycles. The SMILES string of the molecule is CCCN(Cc1csc(COc2cccc(C)c2C)n1)C(=O)c1ccc(Cl)cc1. The maximum Gasteiger partial charge on any atom is 0.254 e. The average molecular weight is 429 g/mol. The molecular formula is C23H25ClN2O2S. The molecule has 152 valence electrons. The number of thiazole rings is 1. The van der Waals surface area contributed by atoms with Gasteiger partial charge in [0.1, 0.15) is 17.4 Å². The van der Waals surface area contributed by atoms with E-state index < -0.39 is 0 Å². The van der Waals surface area contributed by atoms with Crippen LogP contribution in [0.1, 0.15) is 45.5 Å². The molecule has 0 fully saturated rings. The Hall–Kier alpha value is -2.37. The normalized spacial score (nSPS) is 10.8. The van der Waals surface area contributed by atoms with E-state index in [1.165, 1.54) is 5.56 Å². The van der Waals surface area contributed by atoms with Gasteiger partial charge in [-0.25, -0.2) is 4.98 Å². The quantitative estimate of drug-likeness (QED) is 0.439. The van der Waals surface area contributed by atoms with Crippen molar-refractivity contribution >= 4 is 28.8 Å². The number of hydrogen-bond donors (Lipinski definition) is 0. The Balaban J connectivity index is 1.65. The summed E-state index contributed by atoms with van der Waals surface area (Å²) < 4.78 is 5.95. The maximum absolute atomic E-state index is 12.9. The number of rotatable bonds is 8. The van der Waals surface area contributed by atoms with Crippen LogP contribution in [-0.2, 0) is 13.2 Å². The molecule has 3 rings (SSSR count). The van der Waals surface area contributed by atoms with Crippen LogP contribution in [-0.4, -0.2) is 22.3 Å². The molecule has 0 radical (unpaired) electrons. The Kier molecular flexibility index (Phi) is 7.29. The standard InChI is InChI=1S/C23H25ClN2O2S/c1-4-12-26(23(27)18-8-10-19(24)11-9-18)13-20-15-29-22(25-20)14-28-21-7-5-6-16(2)17(21)3/h5-11,15H,4,12-14H2,1-3H3. The van der Waals surface area contributed by atoms with Gasteiger partial charge >= 0.3 is 0 Å². The van der Waals surface area contributed by atoms with E-state index in [1.54, 1.807) is 35.6 Å². The van der Waals surface area contributed by atoms with Crippen LogP contribution in [0.4, 0.5) is 0 Å². The van der Waals surface area contributed by atoms with Gasteiger partial charge in [-0.2, -0.15) is 0 Å². The fourth-order valence-electron chi connectivity index (χ4n) is 3.00. The fourth-order valence-corrected chi connectivity index (χ4v) is 3.82. The van der Waals surface area contributed by atoms with Crippen LogP contribution in [0.5, 0.6) is 5.75 Å².